The van der Waals surface area contributed by atoms with Crippen LogP contribution >= 0.6 is 0 Å². The Morgan fingerprint density at radius 2 is 2.08 bits per heavy atom. The number of nitrogens with one attached hydrogen (secondary N) is 1. The molecule has 24 heavy (non-hydrogen) atoms. The number of hydrogen-bond donors (Lipinski definition) is 2. The van der Waals surface area contributed by atoms with Gasteiger partial charge in [-0.2, -0.15) is 13.2 Å². The Hall–Kier alpha value is -1.83. The fourth-order valence-electron chi connectivity index (χ4n) is 2.74. The summed E-state index contributed by atoms with van der Waals surface area (Å²) < 4.78 is 39.0. The molecule has 0 saturated carbocycles. The highest BCUT2D eigenvalue weighted by Crippen LogP contribution is 2.38. The van der Waals surface area contributed by atoms with Gasteiger partial charge < -0.3 is 15.3 Å². The smallest absolute Gasteiger partial charge is 0.380 e. The summed E-state index contributed by atoms with van der Waals surface area (Å²) in [6.07, 6.45) is -3.97. The van der Waals surface area contributed by atoms with Crippen molar-refractivity contribution in [2.24, 2.45) is 0 Å². The average molecular weight is 345 g/mol. The number of anilines is 1. The minimum Gasteiger partial charge on any atom is -0.380 e. The second-order valence-corrected chi connectivity index (χ2v) is 6.37. The van der Waals surface area contributed by atoms with Crippen molar-refractivity contribution in [2.75, 3.05) is 18.4 Å². The van der Waals surface area contributed by atoms with Crippen LogP contribution in [0.4, 0.5) is 19.0 Å². The van der Waals surface area contributed by atoms with Crippen molar-refractivity contribution in [3.63, 3.8) is 0 Å². The van der Waals surface area contributed by atoms with Gasteiger partial charge in [-0.15, -0.1) is 0 Å². The van der Waals surface area contributed by atoms with Gasteiger partial charge in [0.1, 0.15) is 5.82 Å². The zero-order valence-electron chi connectivity index (χ0n) is 13.7. The Balaban J connectivity index is 2.17. The van der Waals surface area contributed by atoms with Crippen molar-refractivity contribution in [3.8, 4) is 0 Å². The van der Waals surface area contributed by atoms with Crippen molar-refractivity contribution in [1.82, 2.24) is 9.88 Å². The fourth-order valence-corrected chi connectivity index (χ4v) is 2.74. The number of likely N-dealkylation sites (tertiary alicyclic amines) is 1. The van der Waals surface area contributed by atoms with Crippen molar-refractivity contribution in [3.05, 3.63) is 23.9 Å². The van der Waals surface area contributed by atoms with E-state index in [2.05, 4.69) is 10.3 Å². The summed E-state index contributed by atoms with van der Waals surface area (Å²) in [5.74, 6) is 0.0329. The Morgan fingerprint density at radius 1 is 1.38 bits per heavy atom. The lowest BCUT2D eigenvalue weighted by Gasteiger charge is -2.29. The van der Waals surface area contributed by atoms with Gasteiger partial charge in [0.2, 0.25) is 0 Å². The molecule has 0 spiro atoms. The maximum absolute atomic E-state index is 13.0. The summed E-state index contributed by atoms with van der Waals surface area (Å²) in [4.78, 5) is 18.2. The lowest BCUT2D eigenvalue weighted by atomic mass is 9.94. The van der Waals surface area contributed by atoms with Crippen LogP contribution in [-0.4, -0.2) is 51.8 Å². The predicted molar refractivity (Wildman–Crippen MR) is 83.8 cm³/mol. The number of aromatic nitrogens is 1. The molecule has 1 atom stereocenters. The molecule has 1 aromatic rings. The first-order chi connectivity index (χ1) is 11.1. The van der Waals surface area contributed by atoms with Gasteiger partial charge in [-0.1, -0.05) is 0 Å². The van der Waals surface area contributed by atoms with Crippen molar-refractivity contribution < 1.29 is 23.1 Å². The highest BCUT2D eigenvalue weighted by atomic mass is 19.4. The number of alkyl halides is 3. The van der Waals surface area contributed by atoms with E-state index in [4.69, 9.17) is 0 Å². The number of carbonyl (C=O) groups is 1. The second kappa shape index (κ2) is 6.96. The minimum atomic E-state index is -4.69. The number of aliphatic hydroxyl groups is 1. The highest BCUT2D eigenvalue weighted by molar-refractivity contribution is 5.98. The summed E-state index contributed by atoms with van der Waals surface area (Å²) in [5, 5.41) is 12.9. The zero-order valence-corrected chi connectivity index (χ0v) is 13.7. The van der Waals surface area contributed by atoms with Crippen LogP contribution in [0.25, 0.3) is 0 Å². The van der Waals surface area contributed by atoms with E-state index in [9.17, 15) is 23.1 Å². The predicted octanol–water partition coefficient (Wildman–Crippen LogP) is 2.82. The fraction of sp³-hybridized carbons (Fsp3) is 0.625. The molecule has 2 N–H and O–H groups in total. The average Bonchev–Trinajstić information content (AvgIpc) is 2.69. The third kappa shape index (κ3) is 3.98. The molecule has 0 aliphatic carbocycles. The molecule has 5 nitrogen and oxygen atoms in total. The highest BCUT2D eigenvalue weighted by Gasteiger charge is 2.53. The van der Waals surface area contributed by atoms with Gasteiger partial charge in [-0.25, -0.2) is 4.98 Å². The van der Waals surface area contributed by atoms with E-state index in [1.165, 1.54) is 4.90 Å². The van der Waals surface area contributed by atoms with Gasteiger partial charge in [0.25, 0.3) is 5.91 Å². The molecule has 0 aromatic carbocycles. The minimum absolute atomic E-state index is 0.0610. The van der Waals surface area contributed by atoms with E-state index in [0.717, 1.165) is 0 Å². The quantitative estimate of drug-likeness (QED) is 0.884. The molecule has 2 rings (SSSR count). The molecular weight excluding hydrogens is 323 g/mol. The number of halogens is 3. The summed E-state index contributed by atoms with van der Waals surface area (Å²) >= 11 is 0. The number of rotatable bonds is 3. The molecule has 1 fully saturated rings. The van der Waals surface area contributed by atoms with Gasteiger partial charge in [0.15, 0.2) is 5.60 Å². The van der Waals surface area contributed by atoms with Gasteiger partial charge in [0, 0.05) is 31.7 Å². The molecular formula is C16H22F3N3O2. The SMILES string of the molecule is CC(C)Nc1ncccc1C(=O)N1CCCC(O)(C(F)(F)F)CC1. The van der Waals surface area contributed by atoms with E-state index in [1.807, 2.05) is 13.8 Å². The number of hydrogen-bond acceptors (Lipinski definition) is 4. The van der Waals surface area contributed by atoms with Gasteiger partial charge in [-0.05, 0) is 38.8 Å². The summed E-state index contributed by atoms with van der Waals surface area (Å²) in [6, 6.07) is 3.27. The molecule has 1 aliphatic heterocycles. The van der Waals surface area contributed by atoms with Crippen LogP contribution in [0.15, 0.2) is 18.3 Å². The summed E-state index contributed by atoms with van der Waals surface area (Å²) in [7, 11) is 0. The molecule has 8 heteroatoms. The van der Waals surface area contributed by atoms with E-state index >= 15 is 0 Å². The first kappa shape index (κ1) is 18.5. The molecule has 1 amide bonds. The molecule has 0 bridgehead atoms. The monoisotopic (exact) mass is 345 g/mol. The van der Waals surface area contributed by atoms with Crippen molar-refractivity contribution in [2.45, 2.75) is 50.9 Å². The standard InChI is InChI=1S/C16H22F3N3O2/c1-11(2)21-13-12(5-3-8-20-13)14(23)22-9-4-6-15(24,7-10-22)16(17,18)19/h3,5,8,11,24H,4,6-7,9-10H2,1-2H3,(H,20,21). The third-order valence-corrected chi connectivity index (χ3v) is 4.09. The van der Waals surface area contributed by atoms with Gasteiger partial charge in [0.05, 0.1) is 5.56 Å². The van der Waals surface area contributed by atoms with Gasteiger partial charge >= 0.3 is 6.18 Å². The lowest BCUT2D eigenvalue weighted by Crippen LogP contribution is -2.46. The van der Waals surface area contributed by atoms with E-state index in [0.29, 0.717) is 11.4 Å². The first-order valence-corrected chi connectivity index (χ1v) is 7.94. The van der Waals surface area contributed by atoms with Crippen LogP contribution in [-0.2, 0) is 0 Å². The molecule has 2 heterocycles. The van der Waals surface area contributed by atoms with Crippen LogP contribution in [0.3, 0.4) is 0 Å². The molecule has 134 valence electrons. The molecule has 0 radical (unpaired) electrons. The van der Waals surface area contributed by atoms with Crippen LogP contribution in [0.1, 0.15) is 43.5 Å². The van der Waals surface area contributed by atoms with Crippen molar-refractivity contribution >= 4 is 11.7 Å². The topological polar surface area (TPSA) is 65.5 Å². The van der Waals surface area contributed by atoms with E-state index in [1.54, 1.807) is 18.3 Å². The van der Waals surface area contributed by atoms with Crippen molar-refractivity contribution in [1.29, 1.82) is 0 Å². The molecule has 1 unspecified atom stereocenters. The normalized spacial score (nSPS) is 22.4. The lowest BCUT2D eigenvalue weighted by molar-refractivity contribution is -0.263. The zero-order chi connectivity index (χ0) is 18.0. The Morgan fingerprint density at radius 3 is 2.71 bits per heavy atom. The maximum Gasteiger partial charge on any atom is 0.417 e. The van der Waals surface area contributed by atoms with Crippen LogP contribution in [0.5, 0.6) is 0 Å². The summed E-state index contributed by atoms with van der Waals surface area (Å²) in [5.41, 5.74) is -2.40. The number of amides is 1. The Kier molecular flexibility index (Phi) is 5.37. The maximum atomic E-state index is 13.0. The molecule has 1 aromatic heterocycles. The Bertz CT molecular complexity index is 592. The summed E-state index contributed by atoms with van der Waals surface area (Å²) in [6.45, 7) is 3.83. The molecule has 1 aliphatic rings. The molecule has 1 saturated heterocycles. The second-order valence-electron chi connectivity index (χ2n) is 6.37. The number of carbonyl (C=O) groups excluding carboxylic acids is 1. The van der Waals surface area contributed by atoms with Crippen LogP contribution in [0, 0.1) is 0 Å². The Labute approximate surface area is 138 Å². The first-order valence-electron chi connectivity index (χ1n) is 7.94. The van der Waals surface area contributed by atoms with E-state index < -0.39 is 24.6 Å². The van der Waals surface area contributed by atoms with Crippen LogP contribution in [0.2, 0.25) is 0 Å². The number of pyridine rings is 1. The van der Waals surface area contributed by atoms with E-state index in [-0.39, 0.29) is 31.5 Å². The number of nitrogens with zero attached hydrogens (tertiary/aromatic N) is 2. The van der Waals surface area contributed by atoms with Gasteiger partial charge in [-0.3, -0.25) is 4.79 Å². The third-order valence-electron chi connectivity index (χ3n) is 4.09. The van der Waals surface area contributed by atoms with Crippen LogP contribution < -0.4 is 5.32 Å². The largest absolute Gasteiger partial charge is 0.417 e.